The van der Waals surface area contributed by atoms with Crippen LogP contribution in [0.1, 0.15) is 36.0 Å². The molecule has 1 fully saturated rings. The summed E-state index contributed by atoms with van der Waals surface area (Å²) in [5, 5.41) is 17.2. The number of Topliss-reactive ketones (excluding diaryl/α,β-unsaturated/α-hetero) is 1. The van der Waals surface area contributed by atoms with Crippen LogP contribution in [0.15, 0.2) is 78.9 Å². The van der Waals surface area contributed by atoms with E-state index in [4.69, 9.17) is 0 Å². The van der Waals surface area contributed by atoms with Gasteiger partial charge in [0.25, 0.3) is 0 Å². The van der Waals surface area contributed by atoms with E-state index in [1.165, 1.54) is 6.92 Å². The third kappa shape index (κ3) is 5.03. The highest BCUT2D eigenvalue weighted by Crippen LogP contribution is 2.46. The molecule has 0 bridgehead atoms. The summed E-state index contributed by atoms with van der Waals surface area (Å²) >= 11 is 0. The van der Waals surface area contributed by atoms with E-state index in [2.05, 4.69) is 10.6 Å². The zero-order valence-electron chi connectivity index (χ0n) is 20.1. The van der Waals surface area contributed by atoms with Crippen LogP contribution in [-0.4, -0.2) is 28.3 Å². The van der Waals surface area contributed by atoms with Crippen molar-refractivity contribution in [3.8, 4) is 0 Å². The molecule has 0 heterocycles. The molecule has 1 aliphatic carbocycles. The monoisotopic (exact) mass is 470 g/mol. The molecule has 0 aromatic heterocycles. The lowest BCUT2D eigenvalue weighted by molar-refractivity contribution is -0.150. The number of ketones is 1. The van der Waals surface area contributed by atoms with E-state index in [1.54, 1.807) is 36.4 Å². The van der Waals surface area contributed by atoms with Crippen molar-refractivity contribution >= 4 is 29.0 Å². The first-order chi connectivity index (χ1) is 16.7. The number of anilines is 2. The van der Waals surface area contributed by atoms with Gasteiger partial charge in [-0.25, -0.2) is 0 Å². The summed E-state index contributed by atoms with van der Waals surface area (Å²) in [7, 11) is 0. The molecule has 3 aromatic rings. The fourth-order valence-electron chi connectivity index (χ4n) is 5.01. The molecule has 0 radical (unpaired) electrons. The van der Waals surface area contributed by atoms with Crippen molar-refractivity contribution in [2.75, 3.05) is 10.6 Å². The lowest BCUT2D eigenvalue weighted by atomic mass is 9.61. The molecule has 6 heteroatoms. The van der Waals surface area contributed by atoms with Crippen LogP contribution in [0.5, 0.6) is 0 Å². The third-order valence-electron chi connectivity index (χ3n) is 6.82. The van der Waals surface area contributed by atoms with Crippen molar-refractivity contribution < 1.29 is 19.5 Å². The first kappa shape index (κ1) is 24.4. The van der Waals surface area contributed by atoms with Gasteiger partial charge >= 0.3 is 0 Å². The van der Waals surface area contributed by atoms with Crippen LogP contribution in [0.2, 0.25) is 0 Å². The Kier molecular flexibility index (Phi) is 6.85. The second kappa shape index (κ2) is 9.84. The smallest absolute Gasteiger partial charge is 0.235 e. The lowest BCUT2D eigenvalue weighted by Crippen LogP contribution is -2.56. The Bertz CT molecular complexity index is 1250. The number of nitrogens with one attached hydrogen (secondary N) is 2. The van der Waals surface area contributed by atoms with Crippen LogP contribution in [0.25, 0.3) is 0 Å². The number of aliphatic hydroxyl groups is 1. The van der Waals surface area contributed by atoms with E-state index in [0.29, 0.717) is 16.9 Å². The highest BCUT2D eigenvalue weighted by molar-refractivity contribution is 6.10. The summed E-state index contributed by atoms with van der Waals surface area (Å²) in [6.07, 6.45) is -0.298. The maximum atomic E-state index is 13.7. The van der Waals surface area contributed by atoms with E-state index in [0.717, 1.165) is 11.1 Å². The van der Waals surface area contributed by atoms with E-state index in [-0.39, 0.29) is 6.42 Å². The number of hydrogen-bond acceptors (Lipinski definition) is 4. The summed E-state index contributed by atoms with van der Waals surface area (Å²) in [5.41, 5.74) is 1.98. The maximum absolute atomic E-state index is 13.7. The van der Waals surface area contributed by atoms with Crippen molar-refractivity contribution in [2.24, 2.45) is 11.8 Å². The molecular formula is C29H30N2O4. The largest absolute Gasteiger partial charge is 0.389 e. The van der Waals surface area contributed by atoms with Gasteiger partial charge in [-0.1, -0.05) is 66.7 Å². The zero-order valence-corrected chi connectivity index (χ0v) is 20.1. The number of hydrogen-bond donors (Lipinski definition) is 3. The van der Waals surface area contributed by atoms with Crippen molar-refractivity contribution in [1.29, 1.82) is 0 Å². The van der Waals surface area contributed by atoms with Gasteiger partial charge < -0.3 is 15.7 Å². The maximum Gasteiger partial charge on any atom is 0.235 e. The summed E-state index contributed by atoms with van der Waals surface area (Å²) in [6.45, 7) is 5.25. The normalized spacial score (nSPS) is 24.0. The van der Waals surface area contributed by atoms with Gasteiger partial charge in [-0.2, -0.15) is 0 Å². The standard InChI is InChI=1S/C29H30N2O4/c1-18-11-7-9-15-21(18)30-27(33)25-23(32)17-29(3,35)26(24(25)20-13-5-4-6-14-20)28(34)31-22-16-10-8-12-19(22)2/h4-16,24-26,35H,17H2,1-3H3,(H,30,33)(H,31,34)/t24-,25+,26+,29-/m0/s1. The average Bonchev–Trinajstić information content (AvgIpc) is 2.81. The van der Waals surface area contributed by atoms with E-state index in [1.807, 2.05) is 56.3 Å². The Morgan fingerprint density at radius 3 is 1.83 bits per heavy atom. The molecule has 35 heavy (non-hydrogen) atoms. The molecule has 3 aromatic carbocycles. The first-order valence-electron chi connectivity index (χ1n) is 11.7. The van der Waals surface area contributed by atoms with Gasteiger partial charge in [-0.15, -0.1) is 0 Å². The molecule has 0 unspecified atom stereocenters. The highest BCUT2D eigenvalue weighted by Gasteiger charge is 2.55. The van der Waals surface area contributed by atoms with E-state index in [9.17, 15) is 19.5 Å². The summed E-state index contributed by atoms with van der Waals surface area (Å²) in [6, 6.07) is 23.7. The molecule has 0 aliphatic heterocycles. The zero-order chi connectivity index (χ0) is 25.2. The predicted molar refractivity (Wildman–Crippen MR) is 136 cm³/mol. The number of amides is 2. The molecule has 0 spiro atoms. The van der Waals surface area contributed by atoms with E-state index >= 15 is 0 Å². The highest BCUT2D eigenvalue weighted by atomic mass is 16.3. The summed E-state index contributed by atoms with van der Waals surface area (Å²) in [4.78, 5) is 40.6. The van der Waals surface area contributed by atoms with Gasteiger partial charge in [0.1, 0.15) is 11.7 Å². The van der Waals surface area contributed by atoms with Gasteiger partial charge in [-0.3, -0.25) is 14.4 Å². The van der Waals surface area contributed by atoms with Crippen LogP contribution in [0, 0.1) is 25.7 Å². The minimum atomic E-state index is -1.64. The molecule has 1 saturated carbocycles. The van der Waals surface area contributed by atoms with Gasteiger partial charge in [0, 0.05) is 23.7 Å². The average molecular weight is 471 g/mol. The van der Waals surface area contributed by atoms with Crippen LogP contribution < -0.4 is 10.6 Å². The minimum Gasteiger partial charge on any atom is -0.389 e. The Labute approximate surface area is 205 Å². The topological polar surface area (TPSA) is 95.5 Å². The van der Waals surface area contributed by atoms with Crippen LogP contribution in [0.4, 0.5) is 11.4 Å². The first-order valence-corrected chi connectivity index (χ1v) is 11.7. The SMILES string of the molecule is Cc1ccccc1NC(=O)[C@@H]1C(=O)C[C@](C)(O)[C@@H](C(=O)Nc2ccccc2C)[C@H]1c1ccccc1. The third-order valence-corrected chi connectivity index (χ3v) is 6.82. The number of aryl methyl sites for hydroxylation is 2. The van der Waals surface area contributed by atoms with Crippen molar-refractivity contribution in [3.63, 3.8) is 0 Å². The second-order valence-corrected chi connectivity index (χ2v) is 9.50. The van der Waals surface area contributed by atoms with Crippen LogP contribution in [-0.2, 0) is 14.4 Å². The minimum absolute atomic E-state index is 0.298. The molecular weight excluding hydrogens is 440 g/mol. The Morgan fingerprint density at radius 1 is 0.800 bits per heavy atom. The number of rotatable bonds is 5. The van der Waals surface area contributed by atoms with Gasteiger partial charge in [0.05, 0.1) is 11.5 Å². The van der Waals surface area contributed by atoms with Gasteiger partial charge in [-0.05, 0) is 49.6 Å². The Hall–Kier alpha value is -3.77. The number of carbonyl (C=O) groups excluding carboxylic acids is 3. The van der Waals surface area contributed by atoms with Crippen molar-refractivity contribution in [1.82, 2.24) is 0 Å². The molecule has 0 saturated heterocycles. The molecule has 4 rings (SSSR count). The molecule has 3 N–H and O–H groups in total. The molecule has 2 amide bonds. The number of para-hydroxylation sites is 2. The second-order valence-electron chi connectivity index (χ2n) is 9.50. The quantitative estimate of drug-likeness (QED) is 0.474. The molecule has 180 valence electrons. The predicted octanol–water partition coefficient (Wildman–Crippen LogP) is 4.62. The van der Waals surface area contributed by atoms with Crippen LogP contribution >= 0.6 is 0 Å². The summed E-state index contributed by atoms with van der Waals surface area (Å²) in [5.74, 6) is -4.32. The van der Waals surface area contributed by atoms with Crippen LogP contribution in [0.3, 0.4) is 0 Å². The molecule has 1 aliphatic rings. The van der Waals surface area contributed by atoms with Crippen molar-refractivity contribution in [2.45, 2.75) is 38.7 Å². The fraction of sp³-hybridized carbons (Fsp3) is 0.276. The van der Waals surface area contributed by atoms with E-state index < -0.39 is 41.0 Å². The van der Waals surface area contributed by atoms with Crippen molar-refractivity contribution in [3.05, 3.63) is 95.6 Å². The molecule has 4 atom stereocenters. The number of benzene rings is 3. The van der Waals surface area contributed by atoms with Gasteiger partial charge in [0.15, 0.2) is 0 Å². The Balaban J connectivity index is 1.76. The lowest BCUT2D eigenvalue weighted by Gasteiger charge is -2.44. The summed E-state index contributed by atoms with van der Waals surface area (Å²) < 4.78 is 0. The van der Waals surface area contributed by atoms with Gasteiger partial charge in [0.2, 0.25) is 11.8 Å². The number of carbonyl (C=O) groups is 3. The molecule has 6 nitrogen and oxygen atoms in total. The Morgan fingerprint density at radius 2 is 1.29 bits per heavy atom. The fourth-order valence-corrected chi connectivity index (χ4v) is 5.01.